The molecule has 0 unspecified atom stereocenters. The summed E-state index contributed by atoms with van der Waals surface area (Å²) in [7, 11) is 0. The third kappa shape index (κ3) is 3.16. The predicted octanol–water partition coefficient (Wildman–Crippen LogP) is 2.09. The molecule has 1 aromatic rings. The van der Waals surface area contributed by atoms with Crippen LogP contribution in [0.3, 0.4) is 0 Å². The van der Waals surface area contributed by atoms with E-state index < -0.39 is 0 Å². The van der Waals surface area contributed by atoms with Crippen molar-refractivity contribution >= 4 is 23.4 Å². The average Bonchev–Trinajstić information content (AvgIpc) is 2.45. The van der Waals surface area contributed by atoms with Crippen molar-refractivity contribution in [3.8, 4) is 0 Å². The van der Waals surface area contributed by atoms with Gasteiger partial charge in [-0.05, 0) is 12.5 Å². The van der Waals surface area contributed by atoms with Gasteiger partial charge in [0.05, 0.1) is 11.3 Å². The maximum absolute atomic E-state index is 12.4. The molecule has 0 atom stereocenters. The van der Waals surface area contributed by atoms with Crippen LogP contribution in [0.25, 0.3) is 0 Å². The Kier molecular flexibility index (Phi) is 4.87. The van der Waals surface area contributed by atoms with Gasteiger partial charge in [0.1, 0.15) is 0 Å². The van der Waals surface area contributed by atoms with Crippen LogP contribution >= 0.6 is 11.8 Å². The van der Waals surface area contributed by atoms with E-state index >= 15 is 0 Å². The van der Waals surface area contributed by atoms with E-state index in [1.807, 2.05) is 22.7 Å². The van der Waals surface area contributed by atoms with Crippen LogP contribution in [-0.4, -0.2) is 46.9 Å². The molecule has 2 rings (SSSR count). The summed E-state index contributed by atoms with van der Waals surface area (Å²) in [5, 5.41) is 3.29. The summed E-state index contributed by atoms with van der Waals surface area (Å²) < 4.78 is 0. The Bertz CT molecular complexity index is 405. The van der Waals surface area contributed by atoms with Crippen LogP contribution < -0.4 is 5.32 Å². The lowest BCUT2D eigenvalue weighted by Gasteiger charge is -2.27. The molecule has 1 N–H and O–H groups in total. The second kappa shape index (κ2) is 6.64. The number of rotatable bonds is 4. The lowest BCUT2D eigenvalue weighted by atomic mass is 10.2. The first kappa shape index (κ1) is 13.2. The topological polar surface area (TPSA) is 45.2 Å². The maximum Gasteiger partial charge on any atom is 0.257 e. The van der Waals surface area contributed by atoms with Crippen LogP contribution in [0.2, 0.25) is 0 Å². The molecule has 0 aliphatic carbocycles. The minimum Gasteiger partial charge on any atom is -0.384 e. The minimum absolute atomic E-state index is 0.0991. The Morgan fingerprint density at radius 1 is 1.50 bits per heavy atom. The van der Waals surface area contributed by atoms with Crippen molar-refractivity contribution in [2.45, 2.75) is 13.3 Å². The molecule has 0 bridgehead atoms. The number of hydrogen-bond acceptors (Lipinski definition) is 4. The smallest absolute Gasteiger partial charge is 0.257 e. The van der Waals surface area contributed by atoms with E-state index in [2.05, 4.69) is 17.2 Å². The Morgan fingerprint density at radius 2 is 2.28 bits per heavy atom. The van der Waals surface area contributed by atoms with Gasteiger partial charge in [-0.1, -0.05) is 6.92 Å². The van der Waals surface area contributed by atoms with Crippen molar-refractivity contribution in [1.82, 2.24) is 9.88 Å². The van der Waals surface area contributed by atoms with Crippen LogP contribution in [0.4, 0.5) is 5.69 Å². The number of nitrogens with zero attached hydrogens (tertiary/aromatic N) is 2. The molecule has 0 aromatic carbocycles. The minimum atomic E-state index is 0.0991. The summed E-state index contributed by atoms with van der Waals surface area (Å²) in [6, 6.07) is 1.88. The third-order valence-electron chi connectivity index (χ3n) is 2.92. The molecule has 98 valence electrons. The van der Waals surface area contributed by atoms with Crippen molar-refractivity contribution < 1.29 is 4.79 Å². The Hall–Kier alpha value is -1.23. The highest BCUT2D eigenvalue weighted by Gasteiger charge is 2.20. The molecule has 1 aliphatic rings. The van der Waals surface area contributed by atoms with Crippen molar-refractivity contribution in [2.24, 2.45) is 0 Å². The van der Waals surface area contributed by atoms with Crippen molar-refractivity contribution in [3.05, 3.63) is 24.0 Å². The average molecular weight is 265 g/mol. The second-order valence-electron chi connectivity index (χ2n) is 4.25. The number of carbonyl (C=O) groups is 1. The Labute approximate surface area is 112 Å². The quantitative estimate of drug-likeness (QED) is 0.905. The summed E-state index contributed by atoms with van der Waals surface area (Å²) in [5.74, 6) is 2.16. The number of aromatic nitrogens is 1. The van der Waals surface area contributed by atoms with Gasteiger partial charge in [-0.25, -0.2) is 0 Å². The largest absolute Gasteiger partial charge is 0.384 e. The number of pyridine rings is 1. The van der Waals surface area contributed by atoms with Crippen LogP contribution in [0.5, 0.6) is 0 Å². The summed E-state index contributed by atoms with van der Waals surface area (Å²) in [6.07, 6.45) is 4.43. The van der Waals surface area contributed by atoms with Gasteiger partial charge in [-0.15, -0.1) is 0 Å². The van der Waals surface area contributed by atoms with Crippen molar-refractivity contribution in [2.75, 3.05) is 36.5 Å². The van der Waals surface area contributed by atoms with E-state index in [0.717, 1.165) is 43.2 Å². The van der Waals surface area contributed by atoms with Crippen LogP contribution in [0, 0.1) is 0 Å². The normalized spacial score (nSPS) is 15.5. The maximum atomic E-state index is 12.4. The SMILES string of the molecule is CCCNc1ccncc1C(=O)N1CCSCC1. The molecule has 1 aromatic heterocycles. The second-order valence-corrected chi connectivity index (χ2v) is 5.48. The zero-order valence-electron chi connectivity index (χ0n) is 10.7. The number of carbonyl (C=O) groups excluding carboxylic acids is 1. The Morgan fingerprint density at radius 3 is 3.00 bits per heavy atom. The number of nitrogens with one attached hydrogen (secondary N) is 1. The first-order valence-electron chi connectivity index (χ1n) is 6.38. The summed E-state index contributed by atoms with van der Waals surface area (Å²) in [5.41, 5.74) is 1.59. The fourth-order valence-electron chi connectivity index (χ4n) is 1.92. The van der Waals surface area contributed by atoms with Crippen LogP contribution in [0.1, 0.15) is 23.7 Å². The monoisotopic (exact) mass is 265 g/mol. The zero-order valence-corrected chi connectivity index (χ0v) is 11.5. The Balaban J connectivity index is 2.12. The van der Waals surface area contributed by atoms with Gasteiger partial charge in [0, 0.05) is 43.5 Å². The van der Waals surface area contributed by atoms with Gasteiger partial charge in [-0.3, -0.25) is 9.78 Å². The molecule has 4 nitrogen and oxygen atoms in total. The van der Waals surface area contributed by atoms with Crippen LogP contribution in [0.15, 0.2) is 18.5 Å². The van der Waals surface area contributed by atoms with Crippen LogP contribution in [-0.2, 0) is 0 Å². The molecule has 1 amide bonds. The fraction of sp³-hybridized carbons (Fsp3) is 0.538. The molecule has 18 heavy (non-hydrogen) atoms. The first-order chi connectivity index (χ1) is 8.83. The summed E-state index contributed by atoms with van der Waals surface area (Å²) in [6.45, 7) is 4.66. The van der Waals surface area contributed by atoms with Gasteiger partial charge in [0.25, 0.3) is 5.91 Å². The highest BCUT2D eigenvalue weighted by atomic mass is 32.2. The molecule has 1 fully saturated rings. The number of amides is 1. The van der Waals surface area contributed by atoms with Gasteiger partial charge in [0.2, 0.25) is 0 Å². The lowest BCUT2D eigenvalue weighted by molar-refractivity contribution is 0.0773. The summed E-state index contributed by atoms with van der Waals surface area (Å²) >= 11 is 1.90. The van der Waals surface area contributed by atoms with Gasteiger partial charge in [0.15, 0.2) is 0 Å². The zero-order chi connectivity index (χ0) is 12.8. The van der Waals surface area contributed by atoms with Crippen molar-refractivity contribution in [1.29, 1.82) is 0 Å². The number of thioether (sulfide) groups is 1. The molecule has 5 heteroatoms. The van der Waals surface area contributed by atoms with E-state index in [1.165, 1.54) is 0 Å². The highest BCUT2D eigenvalue weighted by molar-refractivity contribution is 7.99. The molecule has 1 aliphatic heterocycles. The van der Waals surface area contributed by atoms with Gasteiger partial charge >= 0.3 is 0 Å². The molecular formula is C13H19N3OS. The summed E-state index contributed by atoms with van der Waals surface area (Å²) in [4.78, 5) is 18.4. The van der Waals surface area contributed by atoms with Gasteiger partial charge in [-0.2, -0.15) is 11.8 Å². The predicted molar refractivity (Wildman–Crippen MR) is 76.2 cm³/mol. The van der Waals surface area contributed by atoms with Gasteiger partial charge < -0.3 is 10.2 Å². The molecule has 2 heterocycles. The third-order valence-corrected chi connectivity index (χ3v) is 3.86. The molecule has 1 saturated heterocycles. The van der Waals surface area contributed by atoms with Crippen molar-refractivity contribution in [3.63, 3.8) is 0 Å². The van der Waals surface area contributed by atoms with E-state index in [0.29, 0.717) is 5.56 Å². The number of hydrogen-bond donors (Lipinski definition) is 1. The first-order valence-corrected chi connectivity index (χ1v) is 7.53. The van der Waals surface area contributed by atoms with E-state index in [-0.39, 0.29) is 5.91 Å². The molecule has 0 saturated carbocycles. The van der Waals surface area contributed by atoms with E-state index in [4.69, 9.17) is 0 Å². The van der Waals surface area contributed by atoms with E-state index in [9.17, 15) is 4.79 Å². The number of anilines is 1. The highest BCUT2D eigenvalue weighted by Crippen LogP contribution is 2.18. The fourth-order valence-corrected chi connectivity index (χ4v) is 2.82. The molecule has 0 radical (unpaired) electrons. The lowest BCUT2D eigenvalue weighted by Crippen LogP contribution is -2.38. The van der Waals surface area contributed by atoms with E-state index in [1.54, 1.807) is 12.4 Å². The standard InChI is InChI=1S/C13H19N3OS/c1-2-4-15-12-3-5-14-10-11(12)13(17)16-6-8-18-9-7-16/h3,5,10H,2,4,6-9H2,1H3,(H,14,15). The molecule has 0 spiro atoms. The molecular weight excluding hydrogens is 246 g/mol.